The Morgan fingerprint density at radius 1 is 1.17 bits per heavy atom. The molecule has 0 saturated heterocycles. The second-order valence-electron chi connectivity index (χ2n) is 8.29. The van der Waals surface area contributed by atoms with E-state index < -0.39 is 0 Å². The van der Waals surface area contributed by atoms with Gasteiger partial charge in [-0.3, -0.25) is 0 Å². The molecule has 0 aromatic carbocycles. The largest absolute Gasteiger partial charge is 0.316 e. The lowest BCUT2D eigenvalue weighted by molar-refractivity contribution is -0.124. The van der Waals surface area contributed by atoms with E-state index in [2.05, 4.69) is 33.1 Å². The Labute approximate surface area is 113 Å². The Bertz CT molecular complexity index is 308. The van der Waals surface area contributed by atoms with Gasteiger partial charge in [-0.2, -0.15) is 0 Å². The second kappa shape index (κ2) is 4.23. The van der Waals surface area contributed by atoms with Crippen molar-refractivity contribution in [3.05, 3.63) is 0 Å². The minimum absolute atomic E-state index is 0.642. The average Bonchev–Trinajstić information content (AvgIpc) is 2.25. The summed E-state index contributed by atoms with van der Waals surface area (Å²) < 4.78 is 0. The highest BCUT2D eigenvalue weighted by molar-refractivity contribution is 5.10. The predicted octanol–water partition coefficient (Wildman–Crippen LogP) is 4.23. The van der Waals surface area contributed by atoms with Gasteiger partial charge in [-0.1, -0.05) is 27.2 Å². The topological polar surface area (TPSA) is 12.0 Å². The molecule has 0 amide bonds. The predicted molar refractivity (Wildman–Crippen MR) is 77.5 cm³/mol. The molecule has 1 N–H and O–H groups in total. The van der Waals surface area contributed by atoms with Crippen LogP contribution in [0.15, 0.2) is 0 Å². The summed E-state index contributed by atoms with van der Waals surface area (Å²) in [5.41, 5.74) is 1.33. The van der Waals surface area contributed by atoms with Crippen molar-refractivity contribution in [2.45, 2.75) is 71.8 Å². The van der Waals surface area contributed by atoms with Crippen LogP contribution in [0.5, 0.6) is 0 Å². The molecule has 1 nitrogen and oxygen atoms in total. The van der Waals surface area contributed by atoms with Gasteiger partial charge in [0.05, 0.1) is 0 Å². The van der Waals surface area contributed by atoms with Crippen molar-refractivity contribution < 1.29 is 0 Å². The maximum atomic E-state index is 3.73. The maximum absolute atomic E-state index is 3.73. The molecule has 4 aliphatic rings. The van der Waals surface area contributed by atoms with Gasteiger partial charge >= 0.3 is 0 Å². The number of hydrogen-bond donors (Lipinski definition) is 1. The van der Waals surface area contributed by atoms with Crippen LogP contribution in [0.1, 0.15) is 65.7 Å². The summed E-state index contributed by atoms with van der Waals surface area (Å²) in [6.07, 6.45) is 10.5. The molecule has 4 atom stereocenters. The summed E-state index contributed by atoms with van der Waals surface area (Å²) >= 11 is 0. The molecular formula is C17H31N. The third-order valence-electron chi connectivity index (χ3n) is 6.58. The van der Waals surface area contributed by atoms with E-state index in [4.69, 9.17) is 0 Å². The lowest BCUT2D eigenvalue weighted by Crippen LogP contribution is -2.59. The van der Waals surface area contributed by atoms with E-state index in [9.17, 15) is 0 Å². The summed E-state index contributed by atoms with van der Waals surface area (Å²) in [6.45, 7) is 7.40. The lowest BCUT2D eigenvalue weighted by Gasteiger charge is -2.64. The summed E-state index contributed by atoms with van der Waals surface area (Å²) in [4.78, 5) is 0. The van der Waals surface area contributed by atoms with Gasteiger partial charge in [0.15, 0.2) is 0 Å². The Hall–Kier alpha value is -0.0400. The number of hydrogen-bond acceptors (Lipinski definition) is 1. The first-order valence-electron chi connectivity index (χ1n) is 8.17. The van der Waals surface area contributed by atoms with Crippen LogP contribution in [0.25, 0.3) is 0 Å². The van der Waals surface area contributed by atoms with E-state index in [1.54, 1.807) is 6.42 Å². The fourth-order valence-corrected chi connectivity index (χ4v) is 6.59. The molecule has 4 fully saturated rings. The molecule has 0 radical (unpaired) electrons. The van der Waals surface area contributed by atoms with Gasteiger partial charge in [0, 0.05) is 6.04 Å². The van der Waals surface area contributed by atoms with Crippen molar-refractivity contribution in [1.29, 1.82) is 0 Å². The van der Waals surface area contributed by atoms with Crippen molar-refractivity contribution in [1.82, 2.24) is 5.32 Å². The van der Waals surface area contributed by atoms with Crippen LogP contribution in [-0.2, 0) is 0 Å². The van der Waals surface area contributed by atoms with E-state index in [1.807, 2.05) is 0 Å². The van der Waals surface area contributed by atoms with Crippen molar-refractivity contribution in [2.75, 3.05) is 7.05 Å². The Morgan fingerprint density at radius 2 is 1.78 bits per heavy atom. The minimum Gasteiger partial charge on any atom is -0.316 e. The summed E-state index contributed by atoms with van der Waals surface area (Å²) in [6, 6.07) is 0.757. The van der Waals surface area contributed by atoms with Crippen LogP contribution < -0.4 is 5.32 Å². The molecule has 0 aromatic rings. The fraction of sp³-hybridized carbons (Fsp3) is 1.00. The van der Waals surface area contributed by atoms with E-state index in [0.29, 0.717) is 10.8 Å². The van der Waals surface area contributed by atoms with Crippen LogP contribution >= 0.6 is 0 Å². The molecule has 4 rings (SSSR count). The molecule has 104 valence electrons. The first kappa shape index (κ1) is 13.0. The Balaban J connectivity index is 1.90. The fourth-order valence-electron chi connectivity index (χ4n) is 6.59. The van der Waals surface area contributed by atoms with Crippen molar-refractivity contribution in [3.63, 3.8) is 0 Å². The van der Waals surface area contributed by atoms with Crippen molar-refractivity contribution in [3.8, 4) is 0 Å². The molecule has 4 unspecified atom stereocenters. The molecule has 4 saturated carbocycles. The Morgan fingerprint density at radius 3 is 2.22 bits per heavy atom. The zero-order chi connectivity index (χ0) is 13.0. The third-order valence-corrected chi connectivity index (χ3v) is 6.58. The minimum atomic E-state index is 0.642. The zero-order valence-corrected chi connectivity index (χ0v) is 12.8. The molecule has 0 heterocycles. The van der Waals surface area contributed by atoms with E-state index in [0.717, 1.165) is 23.8 Å². The maximum Gasteiger partial charge on any atom is 0.0146 e. The molecule has 0 spiro atoms. The van der Waals surface area contributed by atoms with Crippen molar-refractivity contribution in [2.24, 2.45) is 28.6 Å². The normalized spacial score (nSPS) is 49.3. The highest BCUT2D eigenvalue weighted by Crippen LogP contribution is 2.66. The number of nitrogens with one attached hydrogen (secondary N) is 1. The smallest absolute Gasteiger partial charge is 0.0146 e. The van der Waals surface area contributed by atoms with Crippen LogP contribution in [-0.4, -0.2) is 13.1 Å². The molecule has 1 heteroatoms. The van der Waals surface area contributed by atoms with E-state index in [1.165, 1.54) is 38.5 Å². The van der Waals surface area contributed by atoms with Crippen molar-refractivity contribution >= 4 is 0 Å². The highest BCUT2D eigenvalue weighted by Gasteiger charge is 2.58. The molecule has 0 aromatic heterocycles. The van der Waals surface area contributed by atoms with E-state index in [-0.39, 0.29) is 0 Å². The van der Waals surface area contributed by atoms with Gasteiger partial charge < -0.3 is 5.32 Å². The highest BCUT2D eigenvalue weighted by atomic mass is 14.9. The lowest BCUT2D eigenvalue weighted by atomic mass is 9.42. The average molecular weight is 249 g/mol. The standard InChI is InChI=1S/C17H31N/c1-5-12(2)15(18-4)17-9-13-6-14(10-17)8-16(3,7-13)11-17/h12-15,18H,5-11H2,1-4H3. The molecular weight excluding hydrogens is 218 g/mol. The monoisotopic (exact) mass is 249 g/mol. The van der Waals surface area contributed by atoms with E-state index >= 15 is 0 Å². The van der Waals surface area contributed by atoms with Gasteiger partial charge in [-0.25, -0.2) is 0 Å². The van der Waals surface area contributed by atoms with Gasteiger partial charge in [0.25, 0.3) is 0 Å². The van der Waals surface area contributed by atoms with Gasteiger partial charge in [-0.15, -0.1) is 0 Å². The SMILES string of the molecule is CCC(C)C(NC)C12CC3CC(CC(C)(C3)C1)C2. The van der Waals surface area contributed by atoms with Gasteiger partial charge in [-0.05, 0) is 74.2 Å². The second-order valence-corrected chi connectivity index (χ2v) is 8.29. The van der Waals surface area contributed by atoms with Crippen LogP contribution in [0.3, 0.4) is 0 Å². The van der Waals surface area contributed by atoms with Gasteiger partial charge in [0.2, 0.25) is 0 Å². The first-order valence-corrected chi connectivity index (χ1v) is 8.17. The van der Waals surface area contributed by atoms with Crippen LogP contribution in [0.2, 0.25) is 0 Å². The number of rotatable bonds is 4. The molecule has 4 bridgehead atoms. The summed E-state index contributed by atoms with van der Waals surface area (Å²) in [5.74, 6) is 2.93. The molecule has 4 aliphatic carbocycles. The Kier molecular flexibility index (Phi) is 3.05. The third kappa shape index (κ3) is 1.85. The first-order chi connectivity index (χ1) is 8.50. The van der Waals surface area contributed by atoms with Crippen LogP contribution in [0.4, 0.5) is 0 Å². The quantitative estimate of drug-likeness (QED) is 0.786. The zero-order valence-electron chi connectivity index (χ0n) is 12.8. The summed E-state index contributed by atoms with van der Waals surface area (Å²) in [7, 11) is 2.21. The molecule has 0 aliphatic heterocycles. The molecule has 18 heavy (non-hydrogen) atoms. The van der Waals surface area contributed by atoms with Crippen LogP contribution in [0, 0.1) is 28.6 Å². The summed E-state index contributed by atoms with van der Waals surface area (Å²) in [5, 5.41) is 3.73. The van der Waals surface area contributed by atoms with Gasteiger partial charge in [0.1, 0.15) is 0 Å².